The highest BCUT2D eigenvalue weighted by atomic mass is 79.9. The van der Waals surface area contributed by atoms with Gasteiger partial charge in [-0.05, 0) is 22.9 Å². The number of hydrogen-bond acceptors (Lipinski definition) is 5. The van der Waals surface area contributed by atoms with Crippen LogP contribution in [0.15, 0.2) is 16.2 Å². The third-order valence-electron chi connectivity index (χ3n) is 2.83. The van der Waals surface area contributed by atoms with Crippen LogP contribution in [0.2, 0.25) is 0 Å². The smallest absolute Gasteiger partial charge is 0.134 e. The number of halogens is 1. The fraction of sp³-hybridized carbons (Fsp3) is 0.462. The second-order valence-corrected chi connectivity index (χ2v) is 6.53. The summed E-state index contributed by atoms with van der Waals surface area (Å²) in [4.78, 5) is 16.7. The Labute approximate surface area is 126 Å². The first kappa shape index (κ1) is 14.4. The van der Waals surface area contributed by atoms with Crippen molar-refractivity contribution < 1.29 is 0 Å². The molecule has 2 rings (SSSR count). The maximum Gasteiger partial charge on any atom is 0.134 e. The Morgan fingerprint density at radius 3 is 2.68 bits per heavy atom. The van der Waals surface area contributed by atoms with Crippen molar-refractivity contribution in [1.82, 2.24) is 15.0 Å². The molecule has 2 aromatic rings. The normalized spacial score (nSPS) is 11.1. The SMILES string of the molecule is Cc1ncsc1CN(C)c1cc(Br)nc(C(C)C)n1. The molecule has 0 atom stereocenters. The lowest BCUT2D eigenvalue weighted by molar-refractivity contribution is 0.758. The largest absolute Gasteiger partial charge is 0.354 e. The van der Waals surface area contributed by atoms with E-state index in [9.17, 15) is 0 Å². The van der Waals surface area contributed by atoms with E-state index in [0.29, 0.717) is 5.92 Å². The molecule has 0 radical (unpaired) electrons. The first-order chi connectivity index (χ1) is 8.97. The summed E-state index contributed by atoms with van der Waals surface area (Å²) in [5, 5.41) is 0. The summed E-state index contributed by atoms with van der Waals surface area (Å²) in [5.41, 5.74) is 2.97. The van der Waals surface area contributed by atoms with Crippen LogP contribution in [0.3, 0.4) is 0 Å². The molecule has 0 aliphatic carbocycles. The Morgan fingerprint density at radius 1 is 1.37 bits per heavy atom. The minimum absolute atomic E-state index is 0.315. The van der Waals surface area contributed by atoms with E-state index in [2.05, 4.69) is 49.6 Å². The molecule has 0 N–H and O–H groups in total. The number of thiazole rings is 1. The molecule has 2 heterocycles. The minimum Gasteiger partial charge on any atom is -0.354 e. The summed E-state index contributed by atoms with van der Waals surface area (Å²) in [5.74, 6) is 2.10. The Balaban J connectivity index is 2.23. The molecular weight excluding hydrogens is 324 g/mol. The van der Waals surface area contributed by atoms with Gasteiger partial charge in [-0.2, -0.15) is 0 Å². The molecule has 0 bridgehead atoms. The highest BCUT2D eigenvalue weighted by molar-refractivity contribution is 9.10. The summed E-state index contributed by atoms with van der Waals surface area (Å²) in [6.45, 7) is 7.05. The Kier molecular flexibility index (Phi) is 4.52. The van der Waals surface area contributed by atoms with Crippen LogP contribution in [0.5, 0.6) is 0 Å². The average Bonchev–Trinajstić information content (AvgIpc) is 2.74. The fourth-order valence-corrected chi connectivity index (χ4v) is 2.87. The molecule has 0 amide bonds. The second kappa shape index (κ2) is 5.96. The summed E-state index contributed by atoms with van der Waals surface area (Å²) in [7, 11) is 2.04. The van der Waals surface area contributed by atoms with Gasteiger partial charge in [0.25, 0.3) is 0 Å². The van der Waals surface area contributed by atoms with Crippen molar-refractivity contribution in [2.45, 2.75) is 33.2 Å². The van der Waals surface area contributed by atoms with E-state index in [1.165, 1.54) is 4.88 Å². The lowest BCUT2D eigenvalue weighted by Gasteiger charge is -2.19. The highest BCUT2D eigenvalue weighted by Crippen LogP contribution is 2.22. The van der Waals surface area contributed by atoms with Crippen molar-refractivity contribution in [1.29, 1.82) is 0 Å². The molecule has 0 spiro atoms. The first-order valence-electron chi connectivity index (χ1n) is 6.12. The van der Waals surface area contributed by atoms with Gasteiger partial charge in [0.05, 0.1) is 17.7 Å². The average molecular weight is 341 g/mol. The zero-order valence-corrected chi connectivity index (χ0v) is 13.9. The van der Waals surface area contributed by atoms with Crippen LogP contribution in [0.4, 0.5) is 5.82 Å². The molecule has 0 aliphatic heterocycles. The maximum absolute atomic E-state index is 4.61. The summed E-state index contributed by atoms with van der Waals surface area (Å²) >= 11 is 5.13. The molecule has 0 saturated carbocycles. The van der Waals surface area contributed by atoms with Gasteiger partial charge in [0.1, 0.15) is 16.2 Å². The Morgan fingerprint density at radius 2 is 2.11 bits per heavy atom. The van der Waals surface area contributed by atoms with E-state index >= 15 is 0 Å². The van der Waals surface area contributed by atoms with E-state index in [4.69, 9.17) is 0 Å². The molecule has 0 aromatic carbocycles. The van der Waals surface area contributed by atoms with Crippen LogP contribution in [0, 0.1) is 6.92 Å². The number of aromatic nitrogens is 3. The maximum atomic E-state index is 4.61. The van der Waals surface area contributed by atoms with Gasteiger partial charge in [-0.3, -0.25) is 0 Å². The van der Waals surface area contributed by atoms with Crippen LogP contribution < -0.4 is 4.90 Å². The van der Waals surface area contributed by atoms with Gasteiger partial charge in [0.15, 0.2) is 0 Å². The summed E-state index contributed by atoms with van der Waals surface area (Å²) < 4.78 is 0.828. The van der Waals surface area contributed by atoms with Gasteiger partial charge in [-0.15, -0.1) is 11.3 Å². The van der Waals surface area contributed by atoms with Crippen LogP contribution in [0.25, 0.3) is 0 Å². The fourth-order valence-electron chi connectivity index (χ4n) is 1.65. The van der Waals surface area contributed by atoms with Crippen molar-refractivity contribution in [3.05, 3.63) is 32.6 Å². The minimum atomic E-state index is 0.315. The van der Waals surface area contributed by atoms with Crippen molar-refractivity contribution >= 4 is 33.1 Å². The number of nitrogens with zero attached hydrogens (tertiary/aromatic N) is 4. The van der Waals surface area contributed by atoms with Crippen molar-refractivity contribution in [2.24, 2.45) is 0 Å². The lowest BCUT2D eigenvalue weighted by Crippen LogP contribution is -2.18. The van der Waals surface area contributed by atoms with Crippen LogP contribution in [-0.2, 0) is 6.54 Å². The molecule has 19 heavy (non-hydrogen) atoms. The second-order valence-electron chi connectivity index (χ2n) is 4.78. The predicted molar refractivity (Wildman–Crippen MR) is 82.8 cm³/mol. The molecule has 0 aliphatic rings. The van der Waals surface area contributed by atoms with Crippen LogP contribution in [0.1, 0.15) is 36.2 Å². The molecule has 4 nitrogen and oxygen atoms in total. The topological polar surface area (TPSA) is 41.9 Å². The van der Waals surface area contributed by atoms with E-state index in [-0.39, 0.29) is 0 Å². The van der Waals surface area contributed by atoms with Gasteiger partial charge < -0.3 is 4.90 Å². The van der Waals surface area contributed by atoms with Gasteiger partial charge in [0, 0.05) is 23.9 Å². The van der Waals surface area contributed by atoms with E-state index in [1.54, 1.807) is 11.3 Å². The molecule has 0 unspecified atom stereocenters. The monoisotopic (exact) mass is 340 g/mol. The van der Waals surface area contributed by atoms with Crippen LogP contribution in [-0.4, -0.2) is 22.0 Å². The highest BCUT2D eigenvalue weighted by Gasteiger charge is 2.12. The zero-order valence-electron chi connectivity index (χ0n) is 11.5. The lowest BCUT2D eigenvalue weighted by atomic mass is 10.2. The summed E-state index contributed by atoms with van der Waals surface area (Å²) in [6, 6.07) is 1.95. The zero-order chi connectivity index (χ0) is 14.0. The molecular formula is C13H17BrN4S. The van der Waals surface area contributed by atoms with Gasteiger partial charge in [-0.25, -0.2) is 15.0 Å². The summed E-state index contributed by atoms with van der Waals surface area (Å²) in [6.07, 6.45) is 0. The molecule has 6 heteroatoms. The molecule has 2 aromatic heterocycles. The van der Waals surface area contributed by atoms with E-state index < -0.39 is 0 Å². The molecule has 102 valence electrons. The number of aryl methyl sites for hydroxylation is 1. The third kappa shape index (κ3) is 3.51. The van der Waals surface area contributed by atoms with Gasteiger partial charge in [-0.1, -0.05) is 13.8 Å². The van der Waals surface area contributed by atoms with E-state index in [0.717, 1.165) is 28.5 Å². The van der Waals surface area contributed by atoms with Crippen LogP contribution >= 0.6 is 27.3 Å². The number of rotatable bonds is 4. The van der Waals surface area contributed by atoms with Crippen molar-refractivity contribution in [3.63, 3.8) is 0 Å². The molecule has 0 saturated heterocycles. The Bertz CT molecular complexity index is 568. The van der Waals surface area contributed by atoms with Crippen molar-refractivity contribution in [3.8, 4) is 0 Å². The quantitative estimate of drug-likeness (QED) is 0.794. The first-order valence-corrected chi connectivity index (χ1v) is 7.79. The predicted octanol–water partition coefficient (Wildman–Crippen LogP) is 3.76. The van der Waals surface area contributed by atoms with Crippen molar-refractivity contribution in [2.75, 3.05) is 11.9 Å². The standard InChI is InChI=1S/C13H17BrN4S/c1-8(2)13-16-11(14)5-12(17-13)18(4)6-10-9(3)15-7-19-10/h5,7-8H,6H2,1-4H3. The number of anilines is 1. The van der Waals surface area contributed by atoms with Gasteiger partial charge in [0.2, 0.25) is 0 Å². The Hall–Kier alpha value is -1.01. The number of hydrogen-bond donors (Lipinski definition) is 0. The third-order valence-corrected chi connectivity index (χ3v) is 4.16. The van der Waals surface area contributed by atoms with Gasteiger partial charge >= 0.3 is 0 Å². The van der Waals surface area contributed by atoms with E-state index in [1.807, 2.05) is 25.5 Å². The molecule has 0 fully saturated rings.